The average molecular weight is 631 g/mol. The smallest absolute Gasteiger partial charge is 0.243 e. The highest BCUT2D eigenvalue weighted by Crippen LogP contribution is 2.23. The summed E-state index contributed by atoms with van der Waals surface area (Å²) < 4.78 is 33.9. The van der Waals surface area contributed by atoms with Gasteiger partial charge in [-0.2, -0.15) is 4.31 Å². The quantitative estimate of drug-likeness (QED) is 0.276. The lowest BCUT2D eigenvalue weighted by Crippen LogP contribution is -2.59. The number of nitrogens with zero attached hydrogens (tertiary/aromatic N) is 2. The Bertz CT molecular complexity index is 1310. The Morgan fingerprint density at radius 3 is 2.14 bits per heavy atom. The zero-order valence-corrected chi connectivity index (χ0v) is 27.8. The molecule has 1 aliphatic heterocycles. The third-order valence-electron chi connectivity index (χ3n) is 7.75. The number of aliphatic hydroxyl groups is 1. The van der Waals surface area contributed by atoms with Gasteiger partial charge in [-0.05, 0) is 73.5 Å². The van der Waals surface area contributed by atoms with Gasteiger partial charge >= 0.3 is 0 Å². The van der Waals surface area contributed by atoms with Crippen molar-refractivity contribution in [2.24, 2.45) is 11.3 Å². The van der Waals surface area contributed by atoms with Crippen LogP contribution in [-0.2, 0) is 26.0 Å². The van der Waals surface area contributed by atoms with E-state index in [1.54, 1.807) is 12.1 Å². The van der Waals surface area contributed by atoms with Gasteiger partial charge in [0.15, 0.2) is 0 Å². The molecular weight excluding hydrogens is 580 g/mol. The van der Waals surface area contributed by atoms with Crippen LogP contribution in [0.25, 0.3) is 0 Å². The van der Waals surface area contributed by atoms with Gasteiger partial charge in [-0.3, -0.25) is 14.5 Å². The number of carbonyl (C=O) groups is 2. The molecule has 0 radical (unpaired) electrons. The molecule has 3 rings (SSSR count). The standard InChI is InChI=1S/C33H50N4O6S/c1-24(2)21-37(44(41,42)27-16-14-26(43-6)15-17-27)22-29(38)28(20-25-12-8-7-9-13-25)34-32(40)31(33(3,4)5)35-30(39)23-36-18-10-11-19-36/h7-9,12-17,24,28-29,31,38H,10-11,18-23H2,1-6H3,(H,34,40)(H,35,39)/t28-,29+,31+/m0/s1. The fourth-order valence-corrected chi connectivity index (χ4v) is 6.98. The molecule has 2 amide bonds. The maximum atomic E-state index is 13.8. The molecule has 3 atom stereocenters. The van der Waals surface area contributed by atoms with Crippen molar-refractivity contribution in [1.29, 1.82) is 0 Å². The Labute approximate surface area is 263 Å². The summed E-state index contributed by atoms with van der Waals surface area (Å²) in [6.07, 6.45) is 1.13. The van der Waals surface area contributed by atoms with Crippen molar-refractivity contribution in [2.75, 3.05) is 39.8 Å². The van der Waals surface area contributed by atoms with Crippen molar-refractivity contribution in [3.05, 3.63) is 60.2 Å². The largest absolute Gasteiger partial charge is 0.497 e. The minimum Gasteiger partial charge on any atom is -0.497 e. The Kier molecular flexibility index (Phi) is 12.8. The van der Waals surface area contributed by atoms with E-state index in [1.807, 2.05) is 65.0 Å². The van der Waals surface area contributed by atoms with Crippen molar-refractivity contribution < 1.29 is 27.9 Å². The summed E-state index contributed by atoms with van der Waals surface area (Å²) in [4.78, 5) is 28.9. The van der Waals surface area contributed by atoms with Gasteiger partial charge in [0.1, 0.15) is 11.8 Å². The van der Waals surface area contributed by atoms with Crippen molar-refractivity contribution in [1.82, 2.24) is 19.8 Å². The topological polar surface area (TPSA) is 128 Å². The second kappa shape index (κ2) is 15.8. The van der Waals surface area contributed by atoms with Gasteiger partial charge in [0.2, 0.25) is 21.8 Å². The first-order chi connectivity index (χ1) is 20.7. The molecule has 0 aromatic heterocycles. The minimum absolute atomic E-state index is 0.0199. The van der Waals surface area contributed by atoms with Crippen LogP contribution >= 0.6 is 0 Å². The monoisotopic (exact) mass is 630 g/mol. The first kappa shape index (κ1) is 35.5. The molecule has 0 unspecified atom stereocenters. The predicted octanol–water partition coefficient (Wildman–Crippen LogP) is 3.06. The van der Waals surface area contributed by atoms with Gasteiger partial charge < -0.3 is 20.5 Å². The molecule has 0 aliphatic carbocycles. The van der Waals surface area contributed by atoms with Gasteiger partial charge in [-0.25, -0.2) is 8.42 Å². The van der Waals surface area contributed by atoms with Crippen molar-refractivity contribution in [3.63, 3.8) is 0 Å². The molecule has 2 aromatic carbocycles. The average Bonchev–Trinajstić information content (AvgIpc) is 3.47. The summed E-state index contributed by atoms with van der Waals surface area (Å²) in [5.41, 5.74) is 0.254. The van der Waals surface area contributed by atoms with Gasteiger partial charge in [0, 0.05) is 13.1 Å². The summed E-state index contributed by atoms with van der Waals surface area (Å²) >= 11 is 0. The Morgan fingerprint density at radius 2 is 1.59 bits per heavy atom. The number of sulfonamides is 1. The van der Waals surface area contributed by atoms with E-state index in [2.05, 4.69) is 15.5 Å². The SMILES string of the molecule is COc1ccc(S(=O)(=O)N(CC(C)C)C[C@@H](O)[C@H](Cc2ccccc2)NC(=O)[C@@H](NC(=O)CN2CCCC2)C(C)(C)C)cc1. The number of ether oxygens (including phenoxy) is 1. The normalized spacial score (nSPS) is 16.5. The number of aliphatic hydroxyl groups excluding tert-OH is 1. The number of hydrogen-bond acceptors (Lipinski definition) is 7. The zero-order chi connectivity index (χ0) is 32.5. The Balaban J connectivity index is 1.86. The summed E-state index contributed by atoms with van der Waals surface area (Å²) in [6.45, 7) is 11.3. The third kappa shape index (κ3) is 10.3. The molecule has 0 spiro atoms. The third-order valence-corrected chi connectivity index (χ3v) is 9.59. The molecule has 10 nitrogen and oxygen atoms in total. The van der Waals surface area contributed by atoms with Crippen LogP contribution in [0.3, 0.4) is 0 Å². The molecular formula is C33H50N4O6S. The summed E-state index contributed by atoms with van der Waals surface area (Å²) in [6, 6.07) is 13.8. The van der Waals surface area contributed by atoms with E-state index in [4.69, 9.17) is 4.74 Å². The maximum Gasteiger partial charge on any atom is 0.243 e. The number of hydrogen-bond donors (Lipinski definition) is 3. The van der Waals surface area contributed by atoms with Crippen LogP contribution in [0.4, 0.5) is 0 Å². The molecule has 244 valence electrons. The molecule has 1 aliphatic rings. The summed E-state index contributed by atoms with van der Waals surface area (Å²) in [5.74, 6) is -0.143. The van der Waals surface area contributed by atoms with E-state index in [0.29, 0.717) is 5.75 Å². The van der Waals surface area contributed by atoms with Gasteiger partial charge in [-0.15, -0.1) is 0 Å². The van der Waals surface area contributed by atoms with E-state index < -0.39 is 39.5 Å². The number of amides is 2. The van der Waals surface area contributed by atoms with Crippen LogP contribution in [-0.4, -0.2) is 92.6 Å². The molecule has 3 N–H and O–H groups in total. The lowest BCUT2D eigenvalue weighted by atomic mass is 9.85. The summed E-state index contributed by atoms with van der Waals surface area (Å²) in [7, 11) is -2.47. The molecule has 0 saturated carbocycles. The highest BCUT2D eigenvalue weighted by molar-refractivity contribution is 7.89. The number of carbonyl (C=O) groups excluding carboxylic acids is 2. The maximum absolute atomic E-state index is 13.8. The van der Waals surface area contributed by atoms with Crippen LogP contribution in [0.5, 0.6) is 5.75 Å². The summed E-state index contributed by atoms with van der Waals surface area (Å²) in [5, 5.41) is 17.5. The van der Waals surface area contributed by atoms with E-state index in [9.17, 15) is 23.1 Å². The van der Waals surface area contributed by atoms with Gasteiger partial charge in [0.25, 0.3) is 0 Å². The Hall–Kier alpha value is -2.99. The van der Waals surface area contributed by atoms with Crippen molar-refractivity contribution in [3.8, 4) is 5.75 Å². The van der Waals surface area contributed by atoms with E-state index in [1.165, 1.54) is 23.5 Å². The second-order valence-electron chi connectivity index (χ2n) is 13.1. The van der Waals surface area contributed by atoms with Crippen LogP contribution in [0, 0.1) is 11.3 Å². The highest BCUT2D eigenvalue weighted by atomic mass is 32.2. The zero-order valence-electron chi connectivity index (χ0n) is 27.0. The molecule has 1 fully saturated rings. The van der Waals surface area contributed by atoms with Crippen molar-refractivity contribution >= 4 is 21.8 Å². The number of nitrogens with one attached hydrogen (secondary N) is 2. The molecule has 0 bridgehead atoms. The van der Waals surface area contributed by atoms with Crippen LogP contribution in [0.15, 0.2) is 59.5 Å². The minimum atomic E-state index is -3.97. The molecule has 1 heterocycles. The number of rotatable bonds is 15. The number of benzene rings is 2. The molecule has 44 heavy (non-hydrogen) atoms. The first-order valence-corrected chi connectivity index (χ1v) is 16.8. The predicted molar refractivity (Wildman–Crippen MR) is 172 cm³/mol. The Morgan fingerprint density at radius 1 is 0.977 bits per heavy atom. The lowest BCUT2D eigenvalue weighted by molar-refractivity contribution is -0.133. The highest BCUT2D eigenvalue weighted by Gasteiger charge is 2.37. The first-order valence-electron chi connectivity index (χ1n) is 15.4. The fourth-order valence-electron chi connectivity index (χ4n) is 5.35. The number of methoxy groups -OCH3 is 1. The van der Waals surface area contributed by atoms with Crippen LogP contribution < -0.4 is 15.4 Å². The lowest BCUT2D eigenvalue weighted by Gasteiger charge is -2.35. The van der Waals surface area contributed by atoms with Crippen LogP contribution in [0.2, 0.25) is 0 Å². The molecule has 11 heteroatoms. The van der Waals surface area contributed by atoms with Gasteiger partial charge in [-0.1, -0.05) is 65.0 Å². The van der Waals surface area contributed by atoms with Gasteiger partial charge in [0.05, 0.1) is 30.7 Å². The molecule has 1 saturated heterocycles. The van der Waals surface area contributed by atoms with E-state index in [0.717, 1.165) is 31.5 Å². The second-order valence-corrected chi connectivity index (χ2v) is 15.1. The van der Waals surface area contributed by atoms with Crippen molar-refractivity contribution in [2.45, 2.75) is 77.0 Å². The van der Waals surface area contributed by atoms with E-state index >= 15 is 0 Å². The molecule has 2 aromatic rings. The number of likely N-dealkylation sites (tertiary alicyclic amines) is 1. The van der Waals surface area contributed by atoms with Crippen LogP contribution in [0.1, 0.15) is 53.0 Å². The fraction of sp³-hybridized carbons (Fsp3) is 0.576. The van der Waals surface area contributed by atoms with E-state index in [-0.39, 0.29) is 42.8 Å².